The van der Waals surface area contributed by atoms with Crippen LogP contribution in [0.3, 0.4) is 0 Å². The Hall–Kier alpha value is -4.64. The number of carbonyl (C=O) groups excluding carboxylic acids is 1. The Morgan fingerprint density at radius 2 is 1.85 bits per heavy atom. The van der Waals surface area contributed by atoms with Crippen LogP contribution >= 0.6 is 11.3 Å². The molecule has 41 heavy (non-hydrogen) atoms. The number of imidazole rings is 1. The number of anilines is 1. The monoisotopic (exact) mass is 571 g/mol. The van der Waals surface area contributed by atoms with Gasteiger partial charge in [0.1, 0.15) is 17.3 Å². The lowest BCUT2D eigenvalue weighted by Gasteiger charge is -2.35. The van der Waals surface area contributed by atoms with Crippen LogP contribution in [0.25, 0.3) is 37.5 Å². The number of phenols is 1. The molecular weight excluding hydrogens is 548 g/mol. The Balaban J connectivity index is 1.46. The van der Waals surface area contributed by atoms with Crippen molar-refractivity contribution in [1.29, 1.82) is 0 Å². The first-order valence-electron chi connectivity index (χ1n) is 13.1. The number of fused-ring (bicyclic) bond motifs is 2. The fraction of sp³-hybridized carbons (Fsp3) is 0.200. The maximum atomic E-state index is 14.3. The molecule has 0 spiro atoms. The smallest absolute Gasteiger partial charge is 0.227 e. The molecule has 3 aromatic heterocycles. The van der Waals surface area contributed by atoms with E-state index in [4.69, 9.17) is 14.5 Å². The highest BCUT2D eigenvalue weighted by Crippen LogP contribution is 2.40. The quantitative estimate of drug-likeness (QED) is 0.241. The van der Waals surface area contributed by atoms with Gasteiger partial charge in [0.05, 0.1) is 33.0 Å². The van der Waals surface area contributed by atoms with Crippen molar-refractivity contribution < 1.29 is 23.2 Å². The third-order valence-electron chi connectivity index (χ3n) is 7.48. The van der Waals surface area contributed by atoms with Crippen LogP contribution in [0.5, 0.6) is 5.75 Å². The molecule has 1 aliphatic rings. The summed E-state index contributed by atoms with van der Waals surface area (Å²) < 4.78 is 36.3. The Morgan fingerprint density at radius 3 is 2.63 bits per heavy atom. The van der Waals surface area contributed by atoms with Gasteiger partial charge in [0.2, 0.25) is 5.91 Å². The predicted molar refractivity (Wildman–Crippen MR) is 151 cm³/mol. The van der Waals surface area contributed by atoms with Crippen LogP contribution in [0.2, 0.25) is 0 Å². The van der Waals surface area contributed by atoms with Gasteiger partial charge in [-0.05, 0) is 68.7 Å². The lowest BCUT2D eigenvalue weighted by molar-refractivity contribution is -0.120. The van der Waals surface area contributed by atoms with Gasteiger partial charge in [0.15, 0.2) is 16.8 Å². The molecule has 3 aromatic carbocycles. The molecule has 1 atom stereocenters. The third kappa shape index (κ3) is 4.15. The lowest BCUT2D eigenvalue weighted by Crippen LogP contribution is -2.39. The first kappa shape index (κ1) is 25.3. The maximum Gasteiger partial charge on any atom is 0.227 e. The number of benzene rings is 3. The van der Waals surface area contributed by atoms with Crippen molar-refractivity contribution in [3.05, 3.63) is 83.5 Å². The van der Waals surface area contributed by atoms with Crippen molar-refractivity contribution >= 4 is 44.2 Å². The number of thiazole rings is 1. The molecule has 7 rings (SSSR count). The molecule has 1 N–H and O–H groups in total. The summed E-state index contributed by atoms with van der Waals surface area (Å²) in [4.78, 5) is 24.7. The summed E-state index contributed by atoms with van der Waals surface area (Å²) in [6.07, 6.45) is 1.47. The molecule has 0 unspecified atom stereocenters. The van der Waals surface area contributed by atoms with Gasteiger partial charge in [-0.25, -0.2) is 18.7 Å². The summed E-state index contributed by atoms with van der Waals surface area (Å²) in [5, 5.41) is 14.7. The van der Waals surface area contributed by atoms with Crippen molar-refractivity contribution in [3.8, 4) is 22.0 Å². The molecule has 1 amide bonds. The molecule has 8 nitrogen and oxygen atoms in total. The lowest BCUT2D eigenvalue weighted by atomic mass is 9.99. The van der Waals surface area contributed by atoms with Gasteiger partial charge in [0.25, 0.3) is 0 Å². The Morgan fingerprint density at radius 1 is 1.00 bits per heavy atom. The number of piperidine rings is 1. The fourth-order valence-electron chi connectivity index (χ4n) is 5.65. The minimum Gasteiger partial charge on any atom is -0.508 e. The minimum absolute atomic E-state index is 0.108. The van der Waals surface area contributed by atoms with Crippen molar-refractivity contribution in [2.45, 2.75) is 39.2 Å². The summed E-state index contributed by atoms with van der Waals surface area (Å²) in [7, 11) is 0. The summed E-state index contributed by atoms with van der Waals surface area (Å²) in [5.41, 5.74) is 4.86. The first-order valence-corrected chi connectivity index (χ1v) is 13.9. The summed E-state index contributed by atoms with van der Waals surface area (Å²) in [5.74, 6) is -0.852. The number of aryl methyl sites for hydroxylation is 2. The van der Waals surface area contributed by atoms with E-state index >= 15 is 0 Å². The van der Waals surface area contributed by atoms with Crippen LogP contribution in [0.4, 0.5) is 14.5 Å². The zero-order valence-electron chi connectivity index (χ0n) is 22.1. The molecule has 11 heteroatoms. The topological polar surface area (TPSA) is 97.3 Å². The number of phenolic OH excluding ortho intramolecular Hbond substituents is 1. The molecule has 0 radical (unpaired) electrons. The molecule has 206 valence electrons. The number of halogens is 2. The van der Waals surface area contributed by atoms with E-state index in [9.17, 15) is 18.7 Å². The van der Waals surface area contributed by atoms with E-state index < -0.39 is 17.7 Å². The maximum absolute atomic E-state index is 14.3. The van der Waals surface area contributed by atoms with Crippen LogP contribution < -0.4 is 4.90 Å². The fourth-order valence-corrected chi connectivity index (χ4v) is 6.62. The number of rotatable bonds is 4. The third-order valence-corrected chi connectivity index (χ3v) is 8.50. The van der Waals surface area contributed by atoms with E-state index in [1.807, 2.05) is 36.6 Å². The van der Waals surface area contributed by atoms with E-state index in [-0.39, 0.29) is 23.8 Å². The molecule has 1 fully saturated rings. The molecule has 0 bridgehead atoms. The Kier molecular flexibility index (Phi) is 5.86. The van der Waals surface area contributed by atoms with Crippen LogP contribution in [0.15, 0.2) is 59.1 Å². The zero-order chi connectivity index (χ0) is 28.4. The van der Waals surface area contributed by atoms with Gasteiger partial charge in [-0.3, -0.25) is 9.36 Å². The van der Waals surface area contributed by atoms with Crippen molar-refractivity contribution in [2.24, 2.45) is 0 Å². The Bertz CT molecular complexity index is 1980. The standard InChI is InChI=1S/C30H23F2N5O3S/c1-15-28(16(2)40-35-15)17-6-10-24-22(12-17)33-29(37(24)30-34-23-14-19(38)8-11-26(23)41-30)25-4-3-5-27(39)36(25)18-7-9-20(31)21(32)13-18/h6-14,25,38H,3-5H2,1-2H3/t25-/m0/s1. The number of nitrogens with zero attached hydrogens (tertiary/aromatic N) is 5. The average Bonchev–Trinajstić information content (AvgIpc) is 3.63. The average molecular weight is 572 g/mol. The molecule has 4 heterocycles. The van der Waals surface area contributed by atoms with Gasteiger partial charge in [-0.1, -0.05) is 22.6 Å². The number of aromatic hydroxyl groups is 1. The summed E-state index contributed by atoms with van der Waals surface area (Å²) >= 11 is 1.43. The largest absolute Gasteiger partial charge is 0.508 e. The highest BCUT2D eigenvalue weighted by atomic mass is 32.1. The van der Waals surface area contributed by atoms with E-state index in [0.29, 0.717) is 40.6 Å². The first-order chi connectivity index (χ1) is 19.8. The van der Waals surface area contributed by atoms with Gasteiger partial charge in [-0.15, -0.1) is 0 Å². The van der Waals surface area contributed by atoms with E-state index in [1.54, 1.807) is 18.2 Å². The number of amides is 1. The van der Waals surface area contributed by atoms with E-state index in [1.165, 1.54) is 22.3 Å². The van der Waals surface area contributed by atoms with Crippen LogP contribution in [0.1, 0.15) is 42.6 Å². The molecule has 6 aromatic rings. The predicted octanol–water partition coefficient (Wildman–Crippen LogP) is 7.15. The summed E-state index contributed by atoms with van der Waals surface area (Å²) in [6.45, 7) is 3.73. The summed E-state index contributed by atoms with van der Waals surface area (Å²) in [6, 6.07) is 13.8. The van der Waals surface area contributed by atoms with Gasteiger partial charge in [0, 0.05) is 29.8 Å². The second kappa shape index (κ2) is 9.48. The van der Waals surface area contributed by atoms with Gasteiger partial charge < -0.3 is 14.5 Å². The Labute approximate surface area is 236 Å². The number of hydrogen-bond donors (Lipinski definition) is 1. The zero-order valence-corrected chi connectivity index (χ0v) is 22.9. The van der Waals surface area contributed by atoms with Crippen LogP contribution in [-0.2, 0) is 4.79 Å². The molecule has 0 saturated carbocycles. The van der Waals surface area contributed by atoms with Gasteiger partial charge >= 0.3 is 0 Å². The molecule has 1 saturated heterocycles. The second-order valence-electron chi connectivity index (χ2n) is 10.1. The number of aromatic nitrogens is 4. The van der Waals surface area contributed by atoms with E-state index in [2.05, 4.69) is 5.16 Å². The second-order valence-corrected chi connectivity index (χ2v) is 11.1. The van der Waals surface area contributed by atoms with Gasteiger partial charge in [-0.2, -0.15) is 0 Å². The number of carbonyl (C=O) groups is 1. The van der Waals surface area contributed by atoms with Crippen molar-refractivity contribution in [1.82, 2.24) is 19.7 Å². The number of hydrogen-bond acceptors (Lipinski definition) is 7. The minimum atomic E-state index is -1.02. The van der Waals surface area contributed by atoms with Crippen molar-refractivity contribution in [3.63, 3.8) is 0 Å². The normalized spacial score (nSPS) is 15.9. The van der Waals surface area contributed by atoms with Crippen LogP contribution in [-0.4, -0.2) is 30.7 Å². The molecular formula is C30H23F2N5O3S. The molecule has 0 aliphatic carbocycles. The highest BCUT2D eigenvalue weighted by Gasteiger charge is 2.35. The van der Waals surface area contributed by atoms with Crippen LogP contribution in [0, 0.1) is 25.5 Å². The SMILES string of the molecule is Cc1noc(C)c1-c1ccc2c(c1)nc([C@@H]1CCCC(=O)N1c1ccc(F)c(F)c1)n2-c1nc2cc(O)ccc2s1. The van der Waals surface area contributed by atoms with E-state index in [0.717, 1.165) is 39.2 Å². The molecule has 1 aliphatic heterocycles. The van der Waals surface area contributed by atoms with Crippen molar-refractivity contribution in [2.75, 3.05) is 4.90 Å². The highest BCUT2D eigenvalue weighted by molar-refractivity contribution is 7.20.